The van der Waals surface area contributed by atoms with Gasteiger partial charge in [-0.25, -0.2) is 0 Å². The molecule has 0 bridgehead atoms. The standard InChI is InChI=1S/C15H24N2O/c1-3-18-11-10-17(2)15-8-9-16-12-13-6-4-5-7-14(13)15/h4-7,15-16H,3,8-12H2,1-2H3. The summed E-state index contributed by atoms with van der Waals surface area (Å²) in [6.07, 6.45) is 1.17. The van der Waals surface area contributed by atoms with Gasteiger partial charge in [0.1, 0.15) is 0 Å². The second kappa shape index (κ2) is 6.88. The van der Waals surface area contributed by atoms with Gasteiger partial charge in [0.2, 0.25) is 0 Å². The van der Waals surface area contributed by atoms with Crippen molar-refractivity contribution in [3.63, 3.8) is 0 Å². The number of hydrogen-bond acceptors (Lipinski definition) is 3. The van der Waals surface area contributed by atoms with E-state index >= 15 is 0 Å². The SMILES string of the molecule is CCOCCN(C)C1CCNCc2ccccc21. The first-order valence-electron chi connectivity index (χ1n) is 6.89. The lowest BCUT2D eigenvalue weighted by Crippen LogP contribution is -2.29. The van der Waals surface area contributed by atoms with Gasteiger partial charge in [0, 0.05) is 25.7 Å². The van der Waals surface area contributed by atoms with Crippen molar-refractivity contribution in [2.75, 3.05) is 33.4 Å². The highest BCUT2D eigenvalue weighted by molar-refractivity contribution is 5.31. The third kappa shape index (κ3) is 3.31. The molecule has 1 aromatic carbocycles. The summed E-state index contributed by atoms with van der Waals surface area (Å²) in [5.74, 6) is 0. The second-order valence-electron chi connectivity index (χ2n) is 4.86. The van der Waals surface area contributed by atoms with Gasteiger partial charge in [0.25, 0.3) is 0 Å². The first kappa shape index (κ1) is 13.5. The summed E-state index contributed by atoms with van der Waals surface area (Å²) in [7, 11) is 2.20. The van der Waals surface area contributed by atoms with E-state index in [0.29, 0.717) is 6.04 Å². The minimum atomic E-state index is 0.511. The first-order chi connectivity index (χ1) is 8.83. The van der Waals surface area contributed by atoms with Crippen molar-refractivity contribution in [2.24, 2.45) is 0 Å². The molecule has 0 radical (unpaired) electrons. The monoisotopic (exact) mass is 248 g/mol. The maximum absolute atomic E-state index is 5.46. The predicted octanol–water partition coefficient (Wildman–Crippen LogP) is 2.19. The van der Waals surface area contributed by atoms with Crippen molar-refractivity contribution in [3.8, 4) is 0 Å². The summed E-state index contributed by atoms with van der Waals surface area (Å²) in [4.78, 5) is 2.42. The molecule has 0 saturated heterocycles. The predicted molar refractivity (Wildman–Crippen MR) is 74.6 cm³/mol. The number of likely N-dealkylation sites (N-methyl/N-ethyl adjacent to an activating group) is 1. The largest absolute Gasteiger partial charge is 0.380 e. The Morgan fingerprint density at radius 3 is 3.06 bits per heavy atom. The summed E-state index contributed by atoms with van der Waals surface area (Å²) in [5, 5.41) is 3.50. The Hall–Kier alpha value is -0.900. The number of rotatable bonds is 5. The highest BCUT2D eigenvalue weighted by Gasteiger charge is 2.21. The van der Waals surface area contributed by atoms with Crippen LogP contribution in [0.15, 0.2) is 24.3 Å². The zero-order chi connectivity index (χ0) is 12.8. The van der Waals surface area contributed by atoms with Gasteiger partial charge in [-0.1, -0.05) is 24.3 Å². The summed E-state index contributed by atoms with van der Waals surface area (Å²) >= 11 is 0. The molecule has 1 N–H and O–H groups in total. The molecule has 18 heavy (non-hydrogen) atoms. The summed E-state index contributed by atoms with van der Waals surface area (Å²) < 4.78 is 5.46. The summed E-state index contributed by atoms with van der Waals surface area (Å²) in [6, 6.07) is 9.29. The van der Waals surface area contributed by atoms with Crippen LogP contribution in [-0.2, 0) is 11.3 Å². The van der Waals surface area contributed by atoms with E-state index in [4.69, 9.17) is 4.74 Å². The van der Waals surface area contributed by atoms with E-state index in [1.807, 2.05) is 6.92 Å². The van der Waals surface area contributed by atoms with Crippen LogP contribution in [0, 0.1) is 0 Å². The molecule has 2 rings (SSSR count). The van der Waals surface area contributed by atoms with E-state index in [9.17, 15) is 0 Å². The smallest absolute Gasteiger partial charge is 0.0593 e. The highest BCUT2D eigenvalue weighted by Crippen LogP contribution is 2.27. The number of fused-ring (bicyclic) bond motifs is 1. The first-order valence-corrected chi connectivity index (χ1v) is 6.89. The molecule has 0 aliphatic carbocycles. The van der Waals surface area contributed by atoms with Crippen LogP contribution in [0.1, 0.15) is 30.5 Å². The molecule has 3 nitrogen and oxygen atoms in total. The molecular formula is C15H24N2O. The Kier molecular flexibility index (Phi) is 5.17. The Labute approximate surface area is 110 Å². The number of benzene rings is 1. The van der Waals surface area contributed by atoms with Crippen LogP contribution in [0.2, 0.25) is 0 Å². The van der Waals surface area contributed by atoms with Crippen molar-refractivity contribution in [1.82, 2.24) is 10.2 Å². The molecule has 0 amide bonds. The average molecular weight is 248 g/mol. The molecule has 100 valence electrons. The zero-order valence-electron chi connectivity index (χ0n) is 11.5. The van der Waals surface area contributed by atoms with Crippen LogP contribution < -0.4 is 5.32 Å². The van der Waals surface area contributed by atoms with Crippen LogP contribution in [0.3, 0.4) is 0 Å². The molecule has 0 fully saturated rings. The quantitative estimate of drug-likeness (QED) is 0.808. The topological polar surface area (TPSA) is 24.5 Å². The lowest BCUT2D eigenvalue weighted by atomic mass is 9.98. The van der Waals surface area contributed by atoms with Gasteiger partial charge in [-0.2, -0.15) is 0 Å². The van der Waals surface area contributed by atoms with Crippen molar-refractivity contribution in [2.45, 2.75) is 25.9 Å². The molecule has 1 aliphatic heterocycles. The lowest BCUT2D eigenvalue weighted by molar-refractivity contribution is 0.105. The summed E-state index contributed by atoms with van der Waals surface area (Å²) in [6.45, 7) is 6.73. The van der Waals surface area contributed by atoms with Crippen LogP contribution in [0.5, 0.6) is 0 Å². The number of nitrogens with zero attached hydrogens (tertiary/aromatic N) is 1. The minimum absolute atomic E-state index is 0.511. The Balaban J connectivity index is 2.07. The van der Waals surface area contributed by atoms with Gasteiger partial charge in [0.15, 0.2) is 0 Å². The average Bonchev–Trinajstić information content (AvgIpc) is 2.61. The molecule has 0 saturated carbocycles. The third-order valence-electron chi connectivity index (χ3n) is 3.65. The van der Waals surface area contributed by atoms with Crippen LogP contribution >= 0.6 is 0 Å². The number of nitrogens with one attached hydrogen (secondary N) is 1. The molecule has 1 heterocycles. The number of hydrogen-bond donors (Lipinski definition) is 1. The van der Waals surface area contributed by atoms with Crippen molar-refractivity contribution in [3.05, 3.63) is 35.4 Å². The fourth-order valence-electron chi connectivity index (χ4n) is 2.60. The molecule has 1 aromatic rings. The summed E-state index contributed by atoms with van der Waals surface area (Å²) in [5.41, 5.74) is 2.91. The van der Waals surface area contributed by atoms with E-state index in [1.165, 1.54) is 17.5 Å². The third-order valence-corrected chi connectivity index (χ3v) is 3.65. The maximum atomic E-state index is 5.46. The van der Waals surface area contributed by atoms with Crippen molar-refractivity contribution < 1.29 is 4.74 Å². The van der Waals surface area contributed by atoms with Gasteiger partial charge in [-0.15, -0.1) is 0 Å². The normalized spacial score (nSPS) is 19.6. The van der Waals surface area contributed by atoms with E-state index in [-0.39, 0.29) is 0 Å². The van der Waals surface area contributed by atoms with E-state index in [1.54, 1.807) is 0 Å². The van der Waals surface area contributed by atoms with E-state index < -0.39 is 0 Å². The van der Waals surface area contributed by atoms with Crippen molar-refractivity contribution in [1.29, 1.82) is 0 Å². The fraction of sp³-hybridized carbons (Fsp3) is 0.600. The number of ether oxygens (including phenoxy) is 1. The van der Waals surface area contributed by atoms with Crippen molar-refractivity contribution >= 4 is 0 Å². The molecule has 1 aliphatic rings. The van der Waals surface area contributed by atoms with Gasteiger partial charge in [0.05, 0.1) is 6.61 Å². The van der Waals surface area contributed by atoms with Gasteiger partial charge >= 0.3 is 0 Å². The molecule has 0 aromatic heterocycles. The molecule has 3 heteroatoms. The fourth-order valence-corrected chi connectivity index (χ4v) is 2.60. The molecule has 0 spiro atoms. The van der Waals surface area contributed by atoms with Gasteiger partial charge in [-0.05, 0) is 38.1 Å². The molecule has 1 atom stereocenters. The Bertz CT molecular complexity index is 367. The van der Waals surface area contributed by atoms with Crippen LogP contribution in [0.4, 0.5) is 0 Å². The van der Waals surface area contributed by atoms with Gasteiger partial charge in [-0.3, -0.25) is 4.90 Å². The lowest BCUT2D eigenvalue weighted by Gasteiger charge is -2.28. The van der Waals surface area contributed by atoms with Crippen LogP contribution in [-0.4, -0.2) is 38.3 Å². The molecular weight excluding hydrogens is 224 g/mol. The van der Waals surface area contributed by atoms with E-state index in [0.717, 1.165) is 32.8 Å². The Morgan fingerprint density at radius 1 is 1.39 bits per heavy atom. The minimum Gasteiger partial charge on any atom is -0.380 e. The maximum Gasteiger partial charge on any atom is 0.0593 e. The molecule has 1 unspecified atom stereocenters. The second-order valence-corrected chi connectivity index (χ2v) is 4.86. The van der Waals surface area contributed by atoms with Gasteiger partial charge < -0.3 is 10.1 Å². The van der Waals surface area contributed by atoms with Crippen LogP contribution in [0.25, 0.3) is 0 Å². The zero-order valence-corrected chi connectivity index (χ0v) is 11.5. The Morgan fingerprint density at radius 2 is 2.22 bits per heavy atom. The van der Waals surface area contributed by atoms with E-state index in [2.05, 4.69) is 41.5 Å². The highest BCUT2D eigenvalue weighted by atomic mass is 16.5.